The molecule has 0 radical (unpaired) electrons. The third-order valence-corrected chi connectivity index (χ3v) is 2.37. The smallest absolute Gasteiger partial charge is 0.325 e. The molecule has 0 aliphatic heterocycles. The van der Waals surface area contributed by atoms with E-state index in [9.17, 15) is 9.59 Å². The SMILES string of the molecule is C[C@@H](NC(=O)c1cc2ccccc2o1)C(=O)O. The molecule has 17 heavy (non-hydrogen) atoms. The van der Waals surface area contributed by atoms with Crippen LogP contribution in [0.3, 0.4) is 0 Å². The molecule has 2 N–H and O–H groups in total. The zero-order chi connectivity index (χ0) is 12.4. The largest absolute Gasteiger partial charge is 0.480 e. The number of benzene rings is 1. The van der Waals surface area contributed by atoms with E-state index in [-0.39, 0.29) is 5.76 Å². The van der Waals surface area contributed by atoms with Gasteiger partial charge < -0.3 is 14.8 Å². The van der Waals surface area contributed by atoms with E-state index in [1.165, 1.54) is 6.92 Å². The second-order valence-corrected chi connectivity index (χ2v) is 3.68. The van der Waals surface area contributed by atoms with Crippen LogP contribution in [0.1, 0.15) is 17.5 Å². The van der Waals surface area contributed by atoms with Crippen molar-refractivity contribution in [3.05, 3.63) is 36.1 Å². The fraction of sp³-hybridized carbons (Fsp3) is 0.167. The Morgan fingerprint density at radius 2 is 2.06 bits per heavy atom. The van der Waals surface area contributed by atoms with Gasteiger partial charge in [0.15, 0.2) is 5.76 Å². The minimum Gasteiger partial charge on any atom is -0.480 e. The number of hydrogen-bond donors (Lipinski definition) is 2. The van der Waals surface area contributed by atoms with Gasteiger partial charge >= 0.3 is 5.97 Å². The molecule has 0 unspecified atom stereocenters. The number of amides is 1. The molecule has 1 amide bonds. The first-order valence-electron chi connectivity index (χ1n) is 5.10. The average Bonchev–Trinajstić information content (AvgIpc) is 2.72. The third-order valence-electron chi connectivity index (χ3n) is 2.37. The van der Waals surface area contributed by atoms with Gasteiger partial charge in [-0.2, -0.15) is 0 Å². The predicted octanol–water partition coefficient (Wildman–Crippen LogP) is 1.64. The van der Waals surface area contributed by atoms with Crippen LogP contribution in [0.5, 0.6) is 0 Å². The van der Waals surface area contributed by atoms with Crippen molar-refractivity contribution in [3.8, 4) is 0 Å². The van der Waals surface area contributed by atoms with Gasteiger partial charge in [0.25, 0.3) is 5.91 Å². The topological polar surface area (TPSA) is 79.5 Å². The number of carbonyl (C=O) groups excluding carboxylic acids is 1. The van der Waals surface area contributed by atoms with Gasteiger partial charge in [0.1, 0.15) is 11.6 Å². The van der Waals surface area contributed by atoms with Gasteiger partial charge in [0, 0.05) is 5.39 Å². The number of aliphatic carboxylic acids is 1. The van der Waals surface area contributed by atoms with E-state index in [0.29, 0.717) is 5.58 Å². The number of hydrogen-bond acceptors (Lipinski definition) is 3. The minimum absolute atomic E-state index is 0.110. The van der Waals surface area contributed by atoms with Crippen molar-refractivity contribution in [1.82, 2.24) is 5.32 Å². The zero-order valence-corrected chi connectivity index (χ0v) is 9.14. The number of para-hydroxylation sites is 1. The van der Waals surface area contributed by atoms with Crippen LogP contribution in [0.4, 0.5) is 0 Å². The minimum atomic E-state index is -1.09. The number of carbonyl (C=O) groups is 2. The molecule has 2 aromatic rings. The average molecular weight is 233 g/mol. The molecule has 0 spiro atoms. The van der Waals surface area contributed by atoms with E-state index in [1.807, 2.05) is 12.1 Å². The molecule has 0 fully saturated rings. The van der Waals surface area contributed by atoms with Crippen LogP contribution in [0, 0.1) is 0 Å². The lowest BCUT2D eigenvalue weighted by molar-refractivity contribution is -0.138. The van der Waals surface area contributed by atoms with Gasteiger partial charge in [-0.15, -0.1) is 0 Å². The number of fused-ring (bicyclic) bond motifs is 1. The van der Waals surface area contributed by atoms with Crippen LogP contribution in [-0.2, 0) is 4.79 Å². The number of rotatable bonds is 3. The molecular weight excluding hydrogens is 222 g/mol. The molecule has 0 aliphatic rings. The van der Waals surface area contributed by atoms with Crippen LogP contribution in [0.25, 0.3) is 11.0 Å². The lowest BCUT2D eigenvalue weighted by Crippen LogP contribution is -2.38. The summed E-state index contributed by atoms with van der Waals surface area (Å²) in [6.07, 6.45) is 0. The number of carboxylic acid groups (broad SMARTS) is 1. The normalized spacial score (nSPS) is 12.3. The van der Waals surface area contributed by atoms with Gasteiger partial charge in [-0.25, -0.2) is 0 Å². The standard InChI is InChI=1S/C12H11NO4/c1-7(12(15)16)13-11(14)10-6-8-4-2-3-5-9(8)17-10/h2-7H,1H3,(H,13,14)(H,15,16)/t7-/m1/s1. The summed E-state index contributed by atoms with van der Waals surface area (Å²) < 4.78 is 5.31. The van der Waals surface area contributed by atoms with Crippen molar-refractivity contribution >= 4 is 22.8 Å². The van der Waals surface area contributed by atoms with E-state index in [2.05, 4.69) is 5.32 Å². The molecule has 0 aliphatic carbocycles. The van der Waals surface area contributed by atoms with Crippen LogP contribution in [-0.4, -0.2) is 23.0 Å². The number of nitrogens with one attached hydrogen (secondary N) is 1. The molecule has 0 bridgehead atoms. The first-order chi connectivity index (χ1) is 8.08. The van der Waals surface area contributed by atoms with Crippen molar-refractivity contribution in [1.29, 1.82) is 0 Å². The summed E-state index contributed by atoms with van der Waals surface area (Å²) in [6.45, 7) is 1.39. The molecule has 5 heteroatoms. The molecule has 88 valence electrons. The Labute approximate surface area is 97.0 Å². The molecule has 5 nitrogen and oxygen atoms in total. The maximum Gasteiger partial charge on any atom is 0.325 e. The summed E-state index contributed by atoms with van der Waals surface area (Å²) in [6, 6.07) is 7.82. The highest BCUT2D eigenvalue weighted by Gasteiger charge is 2.18. The highest BCUT2D eigenvalue weighted by Crippen LogP contribution is 2.18. The summed E-state index contributed by atoms with van der Waals surface area (Å²) in [5.74, 6) is -1.51. The van der Waals surface area contributed by atoms with Crippen molar-refractivity contribution in [2.75, 3.05) is 0 Å². The van der Waals surface area contributed by atoms with Crippen molar-refractivity contribution in [2.24, 2.45) is 0 Å². The van der Waals surface area contributed by atoms with Crippen LogP contribution >= 0.6 is 0 Å². The summed E-state index contributed by atoms with van der Waals surface area (Å²) in [4.78, 5) is 22.3. The van der Waals surface area contributed by atoms with Gasteiger partial charge in [-0.1, -0.05) is 18.2 Å². The number of carboxylic acids is 1. The Hall–Kier alpha value is -2.30. The van der Waals surface area contributed by atoms with Crippen molar-refractivity contribution in [3.63, 3.8) is 0 Å². The summed E-state index contributed by atoms with van der Waals surface area (Å²) in [5.41, 5.74) is 0.598. The van der Waals surface area contributed by atoms with Crippen LogP contribution in [0.2, 0.25) is 0 Å². The fourth-order valence-electron chi connectivity index (χ4n) is 1.42. The predicted molar refractivity (Wildman–Crippen MR) is 60.8 cm³/mol. The second kappa shape index (κ2) is 4.29. The molecular formula is C12H11NO4. The summed E-state index contributed by atoms with van der Waals surface area (Å²) in [7, 11) is 0. The fourth-order valence-corrected chi connectivity index (χ4v) is 1.42. The summed E-state index contributed by atoms with van der Waals surface area (Å²) >= 11 is 0. The first kappa shape index (κ1) is 11.2. The Bertz CT molecular complexity index is 540. The maximum absolute atomic E-state index is 11.7. The summed E-state index contributed by atoms with van der Waals surface area (Å²) in [5, 5.41) is 11.8. The van der Waals surface area contributed by atoms with Crippen LogP contribution in [0.15, 0.2) is 34.7 Å². The maximum atomic E-state index is 11.7. The Kier molecular flexibility index (Phi) is 2.82. The number of furan rings is 1. The lowest BCUT2D eigenvalue weighted by atomic mass is 10.2. The quantitative estimate of drug-likeness (QED) is 0.844. The molecule has 1 aromatic carbocycles. The molecule has 1 atom stereocenters. The second-order valence-electron chi connectivity index (χ2n) is 3.68. The Morgan fingerprint density at radius 1 is 1.35 bits per heavy atom. The van der Waals surface area contributed by atoms with Gasteiger partial charge in [0.2, 0.25) is 0 Å². The van der Waals surface area contributed by atoms with E-state index in [1.54, 1.807) is 18.2 Å². The molecule has 0 saturated heterocycles. The van der Waals surface area contributed by atoms with E-state index < -0.39 is 17.9 Å². The van der Waals surface area contributed by atoms with Gasteiger partial charge in [-0.3, -0.25) is 9.59 Å². The van der Waals surface area contributed by atoms with E-state index >= 15 is 0 Å². The van der Waals surface area contributed by atoms with Crippen LogP contribution < -0.4 is 5.32 Å². The van der Waals surface area contributed by atoms with Crippen molar-refractivity contribution < 1.29 is 19.1 Å². The van der Waals surface area contributed by atoms with E-state index in [4.69, 9.17) is 9.52 Å². The third kappa shape index (κ3) is 2.28. The molecule has 1 aromatic heterocycles. The molecule has 2 rings (SSSR count). The molecule has 1 heterocycles. The molecule has 0 saturated carbocycles. The zero-order valence-electron chi connectivity index (χ0n) is 9.14. The Balaban J connectivity index is 2.22. The highest BCUT2D eigenvalue weighted by molar-refractivity contribution is 5.97. The van der Waals surface area contributed by atoms with Crippen molar-refractivity contribution in [2.45, 2.75) is 13.0 Å². The van der Waals surface area contributed by atoms with E-state index in [0.717, 1.165) is 5.39 Å². The van der Waals surface area contributed by atoms with Gasteiger partial charge in [0.05, 0.1) is 0 Å². The van der Waals surface area contributed by atoms with Gasteiger partial charge in [-0.05, 0) is 19.1 Å². The lowest BCUT2D eigenvalue weighted by Gasteiger charge is -2.06. The highest BCUT2D eigenvalue weighted by atomic mass is 16.4. The first-order valence-corrected chi connectivity index (χ1v) is 5.10. The Morgan fingerprint density at radius 3 is 2.71 bits per heavy atom. The monoisotopic (exact) mass is 233 g/mol.